The van der Waals surface area contributed by atoms with E-state index >= 15 is 0 Å². The first-order valence-corrected chi connectivity index (χ1v) is 1.55. The van der Waals surface area contributed by atoms with E-state index in [1.807, 2.05) is 0 Å². The minimum Gasteiger partial charge on any atom is -0.286 e. The second-order valence-electron chi connectivity index (χ2n) is 0.965. The van der Waals surface area contributed by atoms with Crippen molar-refractivity contribution in [3.63, 3.8) is 0 Å². The largest absolute Gasteiger partial charge is 0.306 e. The van der Waals surface area contributed by atoms with E-state index in [0.29, 0.717) is 18.9 Å². The molecule has 0 unspecified atom stereocenters. The normalized spacial score (nSPS) is 10.1. The van der Waals surface area contributed by atoms with Crippen LogP contribution >= 0.6 is 0 Å². The summed E-state index contributed by atoms with van der Waals surface area (Å²) in [5.74, 6) is 0. The molecule has 0 saturated carbocycles. The average molecular weight is 115 g/mol. The van der Waals surface area contributed by atoms with Gasteiger partial charge >= 0.3 is 5.67 Å². The monoisotopic (exact) mass is 115 g/mol. The zero-order valence-electron chi connectivity index (χ0n) is 3.60. The summed E-state index contributed by atoms with van der Waals surface area (Å²) in [6.07, 6.45) is 1.54. The molecular weight excluding hydrogens is 115 g/mol. The van der Waals surface area contributed by atoms with Crippen molar-refractivity contribution in [2.45, 2.75) is 5.67 Å². The third-order valence-electron chi connectivity index (χ3n) is 0.422. The van der Waals surface area contributed by atoms with Crippen LogP contribution in [0.4, 0.5) is 4.39 Å². The lowest BCUT2D eigenvalue weighted by Crippen LogP contribution is -2.27. The molecule has 0 amide bonds. The highest BCUT2D eigenvalue weighted by molar-refractivity contribution is 6.06. The third kappa shape index (κ3) is 1.22. The van der Waals surface area contributed by atoms with Gasteiger partial charge in [0, 0.05) is 0 Å². The molecule has 0 aromatic rings. The highest BCUT2D eigenvalue weighted by Gasteiger charge is 2.31. The molecule has 0 bridgehead atoms. The van der Waals surface area contributed by atoms with Crippen LogP contribution in [0.5, 0.6) is 0 Å². The molecule has 41 valence electrons. The van der Waals surface area contributed by atoms with Crippen molar-refractivity contribution in [1.82, 2.24) is 0 Å². The van der Waals surface area contributed by atoms with Crippen molar-refractivity contribution in [2.24, 2.45) is 0 Å². The molecule has 0 heterocycles. The van der Waals surface area contributed by atoms with Crippen LogP contribution in [0.15, 0.2) is 0 Å². The molecule has 0 aromatic heterocycles. The molecular formula is C4FO3. The number of carbonyl (C=O) groups excluding carboxylic acids is 3. The van der Waals surface area contributed by atoms with Crippen LogP contribution in [-0.4, -0.2) is 24.5 Å². The van der Waals surface area contributed by atoms with E-state index in [9.17, 15) is 18.8 Å². The van der Waals surface area contributed by atoms with Gasteiger partial charge in [0.15, 0.2) is 0 Å². The maximum Gasteiger partial charge on any atom is 0.306 e. The Labute approximate surface area is 44.5 Å². The van der Waals surface area contributed by atoms with E-state index in [2.05, 4.69) is 0 Å². The number of hydrogen-bond donors (Lipinski definition) is 0. The fourth-order valence-electron chi connectivity index (χ4n) is 0.0625. The third-order valence-corrected chi connectivity index (χ3v) is 0.422. The van der Waals surface area contributed by atoms with Gasteiger partial charge in [0.05, 0.1) is 0 Å². The summed E-state index contributed by atoms with van der Waals surface area (Å²) in [7, 11) is 0. The fraction of sp³-hybridized carbons (Fsp3) is 0.250. The maximum absolute atomic E-state index is 11.7. The second kappa shape index (κ2) is 2.30. The molecule has 0 aliphatic rings. The van der Waals surface area contributed by atoms with Gasteiger partial charge in [-0.3, -0.25) is 14.4 Å². The molecule has 0 rings (SSSR count). The summed E-state index contributed by atoms with van der Waals surface area (Å²) in [5, 5.41) is 0. The van der Waals surface area contributed by atoms with Crippen molar-refractivity contribution in [2.75, 3.05) is 0 Å². The Bertz CT molecular complexity index is 98.7. The first-order valence-electron chi connectivity index (χ1n) is 1.55. The Balaban J connectivity index is 4.18. The second-order valence-corrected chi connectivity index (χ2v) is 0.965. The molecule has 8 heavy (non-hydrogen) atoms. The quantitative estimate of drug-likeness (QED) is 0.444. The average Bonchev–Trinajstić information content (AvgIpc) is 1.87. The van der Waals surface area contributed by atoms with E-state index in [-0.39, 0.29) is 0 Å². The number of halogens is 1. The number of rotatable bonds is 3. The lowest BCUT2D eigenvalue weighted by Gasteiger charge is -1.90. The van der Waals surface area contributed by atoms with Crippen molar-refractivity contribution in [3.05, 3.63) is 0 Å². The summed E-state index contributed by atoms with van der Waals surface area (Å²) in [6.45, 7) is 0. The summed E-state index contributed by atoms with van der Waals surface area (Å²) in [5.41, 5.74) is -3.29. The van der Waals surface area contributed by atoms with Crippen LogP contribution in [0.1, 0.15) is 0 Å². The summed E-state index contributed by atoms with van der Waals surface area (Å²) in [6, 6.07) is 0. The predicted molar refractivity (Wildman–Crippen MR) is 20.9 cm³/mol. The van der Waals surface area contributed by atoms with E-state index in [4.69, 9.17) is 0 Å². The molecule has 3 nitrogen and oxygen atoms in total. The van der Waals surface area contributed by atoms with Gasteiger partial charge < -0.3 is 0 Å². The van der Waals surface area contributed by atoms with Gasteiger partial charge in [0.2, 0.25) is 0 Å². The minimum absolute atomic E-state index is 0.514. The molecule has 0 fully saturated rings. The van der Waals surface area contributed by atoms with Gasteiger partial charge in [-0.25, -0.2) is 4.39 Å². The van der Waals surface area contributed by atoms with E-state index in [1.165, 1.54) is 0 Å². The van der Waals surface area contributed by atoms with Gasteiger partial charge in [-0.05, 0) is 0 Å². The molecule has 3 radical (unpaired) electrons. The van der Waals surface area contributed by atoms with Crippen LogP contribution in [0, 0.1) is 0 Å². The number of hydrogen-bond acceptors (Lipinski definition) is 3. The van der Waals surface area contributed by atoms with Gasteiger partial charge in [0.1, 0.15) is 0 Å². The first-order chi connectivity index (χ1) is 3.68. The van der Waals surface area contributed by atoms with E-state index in [1.54, 1.807) is 0 Å². The van der Waals surface area contributed by atoms with Crippen molar-refractivity contribution in [1.29, 1.82) is 0 Å². The zero-order chi connectivity index (χ0) is 6.62. The van der Waals surface area contributed by atoms with Crippen molar-refractivity contribution < 1.29 is 18.8 Å². The molecule has 0 atom stereocenters. The Morgan fingerprint density at radius 1 is 1.00 bits per heavy atom. The summed E-state index contributed by atoms with van der Waals surface area (Å²) < 4.78 is 11.7. The highest BCUT2D eigenvalue weighted by Crippen LogP contribution is 1.96. The first kappa shape index (κ1) is 6.94. The topological polar surface area (TPSA) is 51.2 Å². The smallest absolute Gasteiger partial charge is 0.286 e. The van der Waals surface area contributed by atoms with Crippen LogP contribution in [0.3, 0.4) is 0 Å². The van der Waals surface area contributed by atoms with Crippen molar-refractivity contribution in [3.8, 4) is 0 Å². The van der Waals surface area contributed by atoms with Gasteiger partial charge in [-0.1, -0.05) is 0 Å². The fourth-order valence-corrected chi connectivity index (χ4v) is 0.0625. The lowest BCUT2D eigenvalue weighted by molar-refractivity contribution is 0.376. The molecule has 0 aliphatic heterocycles. The van der Waals surface area contributed by atoms with E-state index in [0.717, 1.165) is 0 Å². The molecule has 0 aromatic carbocycles. The van der Waals surface area contributed by atoms with Crippen LogP contribution < -0.4 is 0 Å². The van der Waals surface area contributed by atoms with Crippen LogP contribution in [0.25, 0.3) is 0 Å². The molecule has 4 heteroatoms. The van der Waals surface area contributed by atoms with Crippen LogP contribution in [-0.2, 0) is 14.4 Å². The predicted octanol–water partition coefficient (Wildman–Crippen LogP) is -0.976. The standard InChI is InChI=1S/C4FO3/c5-4(1-6,2-7)3-8. The number of alkyl halides is 1. The van der Waals surface area contributed by atoms with Crippen LogP contribution in [0.2, 0.25) is 0 Å². The Morgan fingerprint density at radius 3 is 1.25 bits per heavy atom. The van der Waals surface area contributed by atoms with Gasteiger partial charge in [-0.2, -0.15) is 0 Å². The Hall–Kier alpha value is -1.06. The molecule has 0 spiro atoms. The van der Waals surface area contributed by atoms with E-state index < -0.39 is 5.67 Å². The molecule has 0 N–H and O–H groups in total. The SMILES string of the molecule is O=[C]C(F)([C]=O)[C]=O. The zero-order valence-corrected chi connectivity index (χ0v) is 3.60. The summed E-state index contributed by atoms with van der Waals surface area (Å²) >= 11 is 0. The van der Waals surface area contributed by atoms with Gasteiger partial charge in [-0.15, -0.1) is 0 Å². The maximum atomic E-state index is 11.7. The molecule has 0 saturated heterocycles. The Kier molecular flexibility index (Phi) is 1.99. The van der Waals surface area contributed by atoms with Crippen molar-refractivity contribution >= 4 is 18.9 Å². The molecule has 0 aliphatic carbocycles. The minimum atomic E-state index is -3.29. The highest BCUT2D eigenvalue weighted by atomic mass is 19.1. The summed E-state index contributed by atoms with van der Waals surface area (Å²) in [4.78, 5) is 27.8. The lowest BCUT2D eigenvalue weighted by atomic mass is 10.2. The van der Waals surface area contributed by atoms with Gasteiger partial charge in [0.25, 0.3) is 18.9 Å². The Morgan fingerprint density at radius 2 is 1.25 bits per heavy atom.